The van der Waals surface area contributed by atoms with Crippen LogP contribution in [0.4, 0.5) is 5.69 Å². The summed E-state index contributed by atoms with van der Waals surface area (Å²) < 4.78 is 10.6. The summed E-state index contributed by atoms with van der Waals surface area (Å²) in [7, 11) is 0. The Hall–Kier alpha value is -2.77. The molecule has 0 bridgehead atoms. The molecule has 0 radical (unpaired) electrons. The quantitative estimate of drug-likeness (QED) is 0.815. The maximum Gasteiger partial charge on any atom is 0.242 e. The van der Waals surface area contributed by atoms with Gasteiger partial charge in [0.2, 0.25) is 24.5 Å². The largest absolute Gasteiger partial charge is 0.454 e. The molecule has 3 amide bonds. The van der Waals surface area contributed by atoms with Crippen molar-refractivity contribution in [1.82, 2.24) is 5.32 Å². The lowest BCUT2D eigenvalue weighted by Gasteiger charge is -2.24. The van der Waals surface area contributed by atoms with Gasteiger partial charge in [0.1, 0.15) is 5.54 Å². The highest BCUT2D eigenvalue weighted by molar-refractivity contribution is 6.01. The van der Waals surface area contributed by atoms with Crippen molar-refractivity contribution in [2.45, 2.75) is 25.8 Å². The normalized spacial score (nSPS) is 19.5. The van der Waals surface area contributed by atoms with Gasteiger partial charge in [-0.1, -0.05) is 0 Å². The molecule has 128 valence electrons. The molecule has 1 saturated heterocycles. The van der Waals surface area contributed by atoms with E-state index in [4.69, 9.17) is 15.2 Å². The number of benzene rings is 1. The summed E-state index contributed by atoms with van der Waals surface area (Å²) in [4.78, 5) is 37.5. The molecule has 3 N–H and O–H groups in total. The summed E-state index contributed by atoms with van der Waals surface area (Å²) in [6, 6.07) is 5.20. The molecule has 0 unspecified atom stereocenters. The first-order valence-corrected chi connectivity index (χ1v) is 7.60. The molecule has 8 nitrogen and oxygen atoms in total. The fourth-order valence-electron chi connectivity index (χ4n) is 2.66. The fourth-order valence-corrected chi connectivity index (χ4v) is 2.66. The number of hydrogen-bond acceptors (Lipinski definition) is 5. The zero-order valence-electron chi connectivity index (χ0n) is 13.5. The number of hydrogen-bond donors (Lipinski definition) is 2. The summed E-state index contributed by atoms with van der Waals surface area (Å²) in [5.41, 5.74) is 4.74. The van der Waals surface area contributed by atoms with Gasteiger partial charge in [0.25, 0.3) is 0 Å². The predicted molar refractivity (Wildman–Crippen MR) is 84.4 cm³/mol. The van der Waals surface area contributed by atoms with Gasteiger partial charge in [-0.3, -0.25) is 14.4 Å². The van der Waals surface area contributed by atoms with Gasteiger partial charge >= 0.3 is 0 Å². The molecule has 24 heavy (non-hydrogen) atoms. The van der Waals surface area contributed by atoms with Crippen LogP contribution in [0.25, 0.3) is 0 Å². The first kappa shape index (κ1) is 16.1. The molecule has 1 aromatic carbocycles. The number of primary amides is 1. The van der Waals surface area contributed by atoms with Crippen LogP contribution in [0.3, 0.4) is 0 Å². The fraction of sp³-hybridized carbons (Fsp3) is 0.438. The van der Waals surface area contributed by atoms with E-state index in [1.165, 1.54) is 18.7 Å². The van der Waals surface area contributed by atoms with Crippen molar-refractivity contribution in [2.75, 3.05) is 18.2 Å². The number of fused-ring (bicyclic) bond motifs is 1. The number of anilines is 1. The number of nitrogens with zero attached hydrogens (tertiary/aromatic N) is 1. The Labute approximate surface area is 138 Å². The van der Waals surface area contributed by atoms with Gasteiger partial charge in [0, 0.05) is 24.7 Å². The van der Waals surface area contributed by atoms with Crippen molar-refractivity contribution in [3.63, 3.8) is 0 Å². The number of nitrogens with one attached hydrogen (secondary N) is 1. The van der Waals surface area contributed by atoms with E-state index in [1.807, 2.05) is 0 Å². The van der Waals surface area contributed by atoms with E-state index in [-0.39, 0.29) is 31.6 Å². The molecule has 1 atom stereocenters. The molecule has 3 rings (SSSR count). The third-order valence-corrected chi connectivity index (χ3v) is 4.22. The van der Waals surface area contributed by atoms with E-state index >= 15 is 0 Å². The second-order valence-corrected chi connectivity index (χ2v) is 6.42. The minimum atomic E-state index is -1.16. The monoisotopic (exact) mass is 333 g/mol. The predicted octanol–water partition coefficient (Wildman–Crippen LogP) is 0.148. The Bertz CT molecular complexity index is 716. The topological polar surface area (TPSA) is 111 Å². The number of ether oxygens (including phenoxy) is 2. The maximum atomic E-state index is 12.3. The van der Waals surface area contributed by atoms with E-state index in [0.717, 1.165) is 0 Å². The molecule has 8 heteroatoms. The van der Waals surface area contributed by atoms with Gasteiger partial charge in [-0.2, -0.15) is 0 Å². The second-order valence-electron chi connectivity index (χ2n) is 6.42. The lowest BCUT2D eigenvalue weighted by Crippen LogP contribution is -2.54. The minimum Gasteiger partial charge on any atom is -0.454 e. The van der Waals surface area contributed by atoms with E-state index in [1.54, 1.807) is 18.2 Å². The standard InChI is InChI=1S/C16H19N3O5/c1-16(2,15(17)22)18-14(21)9-5-13(20)19(7-9)10-3-4-11-12(6-10)24-8-23-11/h3-4,6,9H,5,7-8H2,1-2H3,(H2,17,22)(H,18,21)/t9-/m1/s1. The van der Waals surface area contributed by atoms with Gasteiger partial charge in [0.15, 0.2) is 11.5 Å². The summed E-state index contributed by atoms with van der Waals surface area (Å²) in [6.45, 7) is 3.44. The molecule has 0 aliphatic carbocycles. The molecule has 1 aromatic rings. The van der Waals surface area contributed by atoms with E-state index in [9.17, 15) is 14.4 Å². The van der Waals surface area contributed by atoms with Crippen LogP contribution in [0.1, 0.15) is 20.3 Å². The third kappa shape index (κ3) is 2.86. The molecular weight excluding hydrogens is 314 g/mol. The van der Waals surface area contributed by atoms with Crippen molar-refractivity contribution < 1.29 is 23.9 Å². The Morgan fingerprint density at radius 2 is 2.00 bits per heavy atom. The second kappa shape index (κ2) is 5.70. The highest BCUT2D eigenvalue weighted by Crippen LogP contribution is 2.37. The third-order valence-electron chi connectivity index (χ3n) is 4.22. The van der Waals surface area contributed by atoms with E-state index in [2.05, 4.69) is 5.32 Å². The lowest BCUT2D eigenvalue weighted by molar-refractivity contribution is -0.132. The van der Waals surface area contributed by atoms with Crippen molar-refractivity contribution >= 4 is 23.4 Å². The SMILES string of the molecule is CC(C)(NC(=O)[C@@H]1CC(=O)N(c2ccc3c(c2)OCO3)C1)C(N)=O. The van der Waals surface area contributed by atoms with Gasteiger partial charge in [-0.05, 0) is 26.0 Å². The summed E-state index contributed by atoms with van der Waals surface area (Å²) in [5.74, 6) is -0.499. The maximum absolute atomic E-state index is 12.3. The number of carbonyl (C=O) groups is 3. The average molecular weight is 333 g/mol. The molecule has 0 spiro atoms. The first-order chi connectivity index (χ1) is 11.3. The smallest absolute Gasteiger partial charge is 0.242 e. The Kier molecular flexibility index (Phi) is 3.82. The van der Waals surface area contributed by atoms with Gasteiger partial charge in [-0.15, -0.1) is 0 Å². The minimum absolute atomic E-state index is 0.0785. The van der Waals surface area contributed by atoms with Gasteiger partial charge < -0.3 is 25.4 Å². The summed E-state index contributed by atoms with van der Waals surface area (Å²) in [6.07, 6.45) is 0.0785. The van der Waals surface area contributed by atoms with Crippen LogP contribution in [0.5, 0.6) is 11.5 Å². The van der Waals surface area contributed by atoms with Crippen molar-refractivity contribution in [3.8, 4) is 11.5 Å². The molecule has 0 aromatic heterocycles. The number of rotatable bonds is 4. The van der Waals surface area contributed by atoms with Crippen LogP contribution in [0.2, 0.25) is 0 Å². The number of carbonyl (C=O) groups excluding carboxylic acids is 3. The first-order valence-electron chi connectivity index (χ1n) is 7.60. The molecule has 2 heterocycles. The van der Waals surface area contributed by atoms with Crippen LogP contribution in [0, 0.1) is 5.92 Å². The van der Waals surface area contributed by atoms with Gasteiger partial charge in [0.05, 0.1) is 5.92 Å². The molecular formula is C16H19N3O5. The lowest BCUT2D eigenvalue weighted by atomic mass is 10.0. The van der Waals surface area contributed by atoms with Crippen molar-refractivity contribution in [3.05, 3.63) is 18.2 Å². The van der Waals surface area contributed by atoms with Gasteiger partial charge in [-0.25, -0.2) is 0 Å². The highest BCUT2D eigenvalue weighted by Gasteiger charge is 2.38. The number of nitrogens with two attached hydrogens (primary N) is 1. The van der Waals surface area contributed by atoms with Crippen LogP contribution in [-0.2, 0) is 14.4 Å². The van der Waals surface area contributed by atoms with Crippen LogP contribution >= 0.6 is 0 Å². The van der Waals surface area contributed by atoms with Crippen molar-refractivity contribution in [2.24, 2.45) is 11.7 Å². The Morgan fingerprint density at radius 3 is 2.71 bits per heavy atom. The summed E-state index contributed by atoms with van der Waals surface area (Å²) in [5, 5.41) is 2.59. The van der Waals surface area contributed by atoms with Crippen LogP contribution < -0.4 is 25.4 Å². The van der Waals surface area contributed by atoms with E-state index < -0.39 is 17.4 Å². The molecule has 1 fully saturated rings. The van der Waals surface area contributed by atoms with Crippen molar-refractivity contribution in [1.29, 1.82) is 0 Å². The van der Waals surface area contributed by atoms with Crippen LogP contribution in [0.15, 0.2) is 18.2 Å². The highest BCUT2D eigenvalue weighted by atomic mass is 16.7. The number of amides is 3. The summed E-state index contributed by atoms with van der Waals surface area (Å²) >= 11 is 0. The van der Waals surface area contributed by atoms with E-state index in [0.29, 0.717) is 17.2 Å². The van der Waals surface area contributed by atoms with Crippen LogP contribution in [-0.4, -0.2) is 36.6 Å². The Balaban J connectivity index is 1.72. The Morgan fingerprint density at radius 1 is 1.29 bits per heavy atom. The zero-order chi connectivity index (χ0) is 17.5. The zero-order valence-corrected chi connectivity index (χ0v) is 13.5. The average Bonchev–Trinajstić information content (AvgIpc) is 3.11. The molecule has 2 aliphatic rings. The molecule has 0 saturated carbocycles. The molecule has 2 aliphatic heterocycles.